The summed E-state index contributed by atoms with van der Waals surface area (Å²) in [6.45, 7) is 0.562. The van der Waals surface area contributed by atoms with Gasteiger partial charge >= 0.3 is 0 Å². The number of nitriles is 1. The molecule has 0 spiro atoms. The lowest BCUT2D eigenvalue weighted by Gasteiger charge is -2.05. The zero-order valence-electron chi connectivity index (χ0n) is 8.16. The summed E-state index contributed by atoms with van der Waals surface area (Å²) in [5.41, 5.74) is 0.452. The Labute approximate surface area is 94.4 Å². The van der Waals surface area contributed by atoms with Gasteiger partial charge in [0.2, 0.25) is 0 Å². The molecule has 1 aromatic rings. The van der Waals surface area contributed by atoms with Gasteiger partial charge in [-0.15, -0.1) is 12.3 Å². The molecule has 0 saturated heterocycles. The van der Waals surface area contributed by atoms with Crippen LogP contribution in [0.2, 0.25) is 5.02 Å². The van der Waals surface area contributed by atoms with Crippen molar-refractivity contribution >= 4 is 11.6 Å². The van der Waals surface area contributed by atoms with Crippen LogP contribution in [0.5, 0.6) is 5.75 Å². The van der Waals surface area contributed by atoms with E-state index in [2.05, 4.69) is 5.92 Å². The second-order valence-electron chi connectivity index (χ2n) is 2.91. The van der Waals surface area contributed by atoms with Crippen LogP contribution < -0.4 is 4.74 Å². The maximum absolute atomic E-state index is 8.66. The predicted octanol–water partition coefficient (Wildman–Crippen LogP) is 3.00. The molecule has 3 heteroatoms. The SMILES string of the molecule is C#CCCCOc1ccc(C#N)c(Cl)c1. The van der Waals surface area contributed by atoms with Gasteiger partial charge < -0.3 is 4.74 Å². The minimum atomic E-state index is 0.409. The number of nitrogens with zero attached hydrogens (tertiary/aromatic N) is 1. The van der Waals surface area contributed by atoms with E-state index in [0.29, 0.717) is 29.4 Å². The Bertz CT molecular complexity index is 415. The molecule has 0 N–H and O–H groups in total. The predicted molar refractivity (Wildman–Crippen MR) is 59.7 cm³/mol. The van der Waals surface area contributed by atoms with Crippen LogP contribution >= 0.6 is 11.6 Å². The first kappa shape index (κ1) is 11.4. The average molecular weight is 220 g/mol. The van der Waals surface area contributed by atoms with Gasteiger partial charge in [0.25, 0.3) is 0 Å². The Morgan fingerprint density at radius 2 is 2.27 bits per heavy atom. The standard InChI is InChI=1S/C12H10ClNO/c1-2-3-4-7-15-11-6-5-10(9-14)12(13)8-11/h1,5-6,8H,3-4,7H2. The fraction of sp³-hybridized carbons (Fsp3) is 0.250. The van der Waals surface area contributed by atoms with Gasteiger partial charge in [0.1, 0.15) is 11.8 Å². The van der Waals surface area contributed by atoms with Crippen molar-refractivity contribution in [3.63, 3.8) is 0 Å². The summed E-state index contributed by atoms with van der Waals surface area (Å²) >= 11 is 5.83. The molecular weight excluding hydrogens is 210 g/mol. The molecule has 0 aliphatic rings. The molecule has 1 aromatic carbocycles. The summed E-state index contributed by atoms with van der Waals surface area (Å²) in [4.78, 5) is 0. The first-order chi connectivity index (χ1) is 7.27. The van der Waals surface area contributed by atoms with Crippen LogP contribution in [-0.2, 0) is 0 Å². The van der Waals surface area contributed by atoms with Crippen molar-refractivity contribution in [2.75, 3.05) is 6.61 Å². The maximum Gasteiger partial charge on any atom is 0.120 e. The van der Waals surface area contributed by atoms with Crippen molar-refractivity contribution in [2.45, 2.75) is 12.8 Å². The molecule has 76 valence electrons. The molecule has 0 amide bonds. The minimum absolute atomic E-state index is 0.409. The Kier molecular flexibility index (Phi) is 4.54. The first-order valence-electron chi connectivity index (χ1n) is 4.54. The van der Waals surface area contributed by atoms with Gasteiger partial charge in [0, 0.05) is 12.5 Å². The van der Waals surface area contributed by atoms with Crippen molar-refractivity contribution in [1.82, 2.24) is 0 Å². The highest BCUT2D eigenvalue weighted by atomic mass is 35.5. The summed E-state index contributed by atoms with van der Waals surface area (Å²) in [6.07, 6.45) is 6.62. The fourth-order valence-corrected chi connectivity index (χ4v) is 1.25. The lowest BCUT2D eigenvalue weighted by Crippen LogP contribution is -1.96. The van der Waals surface area contributed by atoms with Crippen LogP contribution in [-0.4, -0.2) is 6.61 Å². The molecule has 0 bridgehead atoms. The van der Waals surface area contributed by atoms with E-state index in [1.165, 1.54) is 0 Å². The molecule has 2 nitrogen and oxygen atoms in total. The van der Waals surface area contributed by atoms with E-state index >= 15 is 0 Å². The van der Waals surface area contributed by atoms with Crippen molar-refractivity contribution in [2.24, 2.45) is 0 Å². The number of unbranched alkanes of at least 4 members (excludes halogenated alkanes) is 1. The van der Waals surface area contributed by atoms with Crippen LogP contribution in [0.1, 0.15) is 18.4 Å². The molecule has 0 fully saturated rings. The molecule has 0 aliphatic heterocycles. The van der Waals surface area contributed by atoms with E-state index in [-0.39, 0.29) is 0 Å². The third kappa shape index (κ3) is 3.54. The minimum Gasteiger partial charge on any atom is -0.494 e. The number of hydrogen-bond acceptors (Lipinski definition) is 2. The van der Waals surface area contributed by atoms with Crippen LogP contribution in [0.25, 0.3) is 0 Å². The van der Waals surface area contributed by atoms with Crippen molar-refractivity contribution < 1.29 is 4.74 Å². The largest absolute Gasteiger partial charge is 0.494 e. The van der Waals surface area contributed by atoms with Crippen molar-refractivity contribution in [3.8, 4) is 24.2 Å². The number of terminal acetylenes is 1. The van der Waals surface area contributed by atoms with Gasteiger partial charge in [-0.2, -0.15) is 5.26 Å². The monoisotopic (exact) mass is 219 g/mol. The molecule has 0 saturated carbocycles. The Balaban J connectivity index is 2.54. The third-order valence-corrected chi connectivity index (χ3v) is 2.11. The van der Waals surface area contributed by atoms with Gasteiger partial charge in [-0.1, -0.05) is 11.6 Å². The van der Waals surface area contributed by atoms with Gasteiger partial charge in [-0.25, -0.2) is 0 Å². The number of hydrogen-bond donors (Lipinski definition) is 0. The second-order valence-corrected chi connectivity index (χ2v) is 3.32. The van der Waals surface area contributed by atoms with Crippen molar-refractivity contribution in [3.05, 3.63) is 28.8 Å². The molecule has 1 rings (SSSR count). The molecule has 0 atom stereocenters. The second kappa shape index (κ2) is 5.96. The van der Waals surface area contributed by atoms with Gasteiger partial charge in [0.05, 0.1) is 17.2 Å². The Morgan fingerprint density at radius 3 is 2.87 bits per heavy atom. The Hall–Kier alpha value is -1.64. The zero-order valence-corrected chi connectivity index (χ0v) is 8.92. The highest BCUT2D eigenvalue weighted by Gasteiger charge is 2.01. The molecular formula is C12H10ClNO. The van der Waals surface area contributed by atoms with Crippen LogP contribution in [0.4, 0.5) is 0 Å². The summed E-state index contributed by atoms with van der Waals surface area (Å²) in [6, 6.07) is 6.98. The third-order valence-electron chi connectivity index (χ3n) is 1.80. The van der Waals surface area contributed by atoms with Crippen molar-refractivity contribution in [1.29, 1.82) is 5.26 Å². The number of halogens is 1. The lowest BCUT2D eigenvalue weighted by molar-refractivity contribution is 0.313. The van der Waals surface area contributed by atoms with E-state index < -0.39 is 0 Å². The average Bonchev–Trinajstić information content (AvgIpc) is 2.25. The van der Waals surface area contributed by atoms with Crippen LogP contribution in [0, 0.1) is 23.7 Å². The van der Waals surface area contributed by atoms with Crippen LogP contribution in [0.3, 0.4) is 0 Å². The molecule has 15 heavy (non-hydrogen) atoms. The summed E-state index contributed by atoms with van der Waals surface area (Å²) in [7, 11) is 0. The number of ether oxygens (including phenoxy) is 1. The van der Waals surface area contributed by atoms with Gasteiger partial charge in [-0.05, 0) is 18.6 Å². The number of rotatable bonds is 4. The molecule has 0 aliphatic carbocycles. The number of benzene rings is 1. The van der Waals surface area contributed by atoms with Gasteiger partial charge in [0.15, 0.2) is 0 Å². The van der Waals surface area contributed by atoms with E-state index in [9.17, 15) is 0 Å². The fourth-order valence-electron chi connectivity index (χ4n) is 1.04. The van der Waals surface area contributed by atoms with Gasteiger partial charge in [-0.3, -0.25) is 0 Å². The summed E-state index contributed by atoms with van der Waals surface area (Å²) in [5, 5.41) is 9.07. The summed E-state index contributed by atoms with van der Waals surface area (Å²) < 4.78 is 5.40. The van der Waals surface area contributed by atoms with E-state index in [1.807, 2.05) is 6.07 Å². The van der Waals surface area contributed by atoms with E-state index in [1.54, 1.807) is 18.2 Å². The van der Waals surface area contributed by atoms with Crippen LogP contribution in [0.15, 0.2) is 18.2 Å². The highest BCUT2D eigenvalue weighted by Crippen LogP contribution is 2.21. The normalized spacial score (nSPS) is 9.00. The lowest BCUT2D eigenvalue weighted by atomic mass is 10.2. The molecule has 0 radical (unpaired) electrons. The smallest absolute Gasteiger partial charge is 0.120 e. The molecule has 0 heterocycles. The maximum atomic E-state index is 8.66. The van der Waals surface area contributed by atoms with E-state index in [0.717, 1.165) is 6.42 Å². The van der Waals surface area contributed by atoms with E-state index in [4.69, 9.17) is 28.0 Å². The molecule has 0 aromatic heterocycles. The topological polar surface area (TPSA) is 33.0 Å². The molecule has 0 unspecified atom stereocenters. The Morgan fingerprint density at radius 1 is 1.47 bits per heavy atom. The quantitative estimate of drug-likeness (QED) is 0.576. The summed E-state index contributed by atoms with van der Waals surface area (Å²) in [5.74, 6) is 3.20. The highest BCUT2D eigenvalue weighted by molar-refractivity contribution is 6.31. The first-order valence-corrected chi connectivity index (χ1v) is 4.91. The zero-order chi connectivity index (χ0) is 11.1.